The minimum absolute atomic E-state index is 0.0368. The molecule has 0 aliphatic carbocycles. The summed E-state index contributed by atoms with van der Waals surface area (Å²) in [6, 6.07) is 9.03. The number of ether oxygens (including phenoxy) is 3. The van der Waals surface area contributed by atoms with E-state index in [2.05, 4.69) is 0 Å². The minimum atomic E-state index is -0.919. The van der Waals surface area contributed by atoms with Gasteiger partial charge < -0.3 is 14.2 Å². The molecule has 118 valence electrons. The number of hydrogen-bond donors (Lipinski definition) is 0. The number of esters is 3. The predicted octanol–water partition coefficient (Wildman–Crippen LogP) is 1.78. The highest BCUT2D eigenvalue weighted by Crippen LogP contribution is 2.05. The van der Waals surface area contributed by atoms with Crippen LogP contribution in [-0.2, 0) is 35.2 Å². The first-order chi connectivity index (χ1) is 10.6. The van der Waals surface area contributed by atoms with Gasteiger partial charge in [0.05, 0.1) is 13.2 Å². The maximum absolute atomic E-state index is 11.7. The molecule has 6 nitrogen and oxygen atoms in total. The van der Waals surface area contributed by atoms with Gasteiger partial charge in [0.2, 0.25) is 0 Å². The lowest BCUT2D eigenvalue weighted by molar-refractivity contribution is -0.148. The van der Waals surface area contributed by atoms with Crippen molar-refractivity contribution in [2.45, 2.75) is 20.5 Å². The van der Waals surface area contributed by atoms with E-state index in [1.54, 1.807) is 26.0 Å². The van der Waals surface area contributed by atoms with Crippen LogP contribution in [0.2, 0.25) is 0 Å². The molecule has 0 fully saturated rings. The maximum Gasteiger partial charge on any atom is 0.345 e. The molecule has 0 spiro atoms. The summed E-state index contributed by atoms with van der Waals surface area (Å²) >= 11 is 0. The highest BCUT2D eigenvalue weighted by molar-refractivity contribution is 6.17. The van der Waals surface area contributed by atoms with Crippen molar-refractivity contribution in [3.63, 3.8) is 0 Å². The summed E-state index contributed by atoms with van der Waals surface area (Å²) in [7, 11) is 0. The van der Waals surface area contributed by atoms with E-state index in [1.165, 1.54) is 0 Å². The minimum Gasteiger partial charge on any atom is -0.462 e. The fourth-order valence-electron chi connectivity index (χ4n) is 1.51. The number of benzene rings is 1. The molecule has 0 bridgehead atoms. The Morgan fingerprint density at radius 2 is 1.45 bits per heavy atom. The van der Waals surface area contributed by atoms with Crippen LogP contribution in [0.3, 0.4) is 0 Å². The van der Waals surface area contributed by atoms with E-state index in [9.17, 15) is 14.4 Å². The quantitative estimate of drug-likeness (QED) is 0.251. The molecule has 1 aromatic rings. The van der Waals surface area contributed by atoms with Gasteiger partial charge >= 0.3 is 17.9 Å². The zero-order chi connectivity index (χ0) is 16.4. The van der Waals surface area contributed by atoms with Gasteiger partial charge in [-0.15, -0.1) is 0 Å². The molecule has 6 heteroatoms. The van der Waals surface area contributed by atoms with Crippen LogP contribution in [0, 0.1) is 0 Å². The third-order valence-electron chi connectivity index (χ3n) is 2.48. The predicted molar refractivity (Wildman–Crippen MR) is 77.6 cm³/mol. The smallest absolute Gasteiger partial charge is 0.345 e. The molecule has 0 saturated heterocycles. The van der Waals surface area contributed by atoms with Gasteiger partial charge in [0, 0.05) is 6.08 Å². The molecule has 0 radical (unpaired) electrons. The standard InChI is InChI=1S/C16H18O6/c1-3-20-15(18)13(16(19)21-4-2)10-14(17)22-11-12-8-6-5-7-9-12/h5-10H,3-4,11H2,1-2H3. The normalized spacial score (nSPS) is 9.55. The van der Waals surface area contributed by atoms with Gasteiger partial charge in [-0.2, -0.15) is 0 Å². The Morgan fingerprint density at radius 3 is 1.95 bits per heavy atom. The average Bonchev–Trinajstić information content (AvgIpc) is 2.52. The molecular formula is C16H18O6. The van der Waals surface area contributed by atoms with E-state index in [-0.39, 0.29) is 19.8 Å². The molecule has 0 aliphatic rings. The molecule has 0 N–H and O–H groups in total. The Morgan fingerprint density at radius 1 is 0.909 bits per heavy atom. The van der Waals surface area contributed by atoms with Crippen molar-refractivity contribution in [3.05, 3.63) is 47.5 Å². The first-order valence-electron chi connectivity index (χ1n) is 6.85. The fourth-order valence-corrected chi connectivity index (χ4v) is 1.51. The molecular weight excluding hydrogens is 288 g/mol. The number of carbonyl (C=O) groups excluding carboxylic acids is 3. The summed E-state index contributed by atoms with van der Waals surface area (Å²) in [4.78, 5) is 35.1. The number of hydrogen-bond acceptors (Lipinski definition) is 6. The molecule has 1 aromatic carbocycles. The summed E-state index contributed by atoms with van der Waals surface area (Å²) in [6.45, 7) is 3.38. The molecule has 0 aliphatic heterocycles. The second kappa shape index (κ2) is 9.33. The van der Waals surface area contributed by atoms with Gasteiger partial charge in [0.25, 0.3) is 0 Å². The molecule has 22 heavy (non-hydrogen) atoms. The van der Waals surface area contributed by atoms with E-state index in [0.717, 1.165) is 11.6 Å². The lowest BCUT2D eigenvalue weighted by Crippen LogP contribution is -2.20. The summed E-state index contributed by atoms with van der Waals surface area (Å²) in [5.41, 5.74) is 0.305. The van der Waals surface area contributed by atoms with Crippen molar-refractivity contribution in [2.24, 2.45) is 0 Å². The van der Waals surface area contributed by atoms with Crippen LogP contribution in [0.5, 0.6) is 0 Å². The Hall–Kier alpha value is -2.63. The van der Waals surface area contributed by atoms with Gasteiger partial charge in [0.1, 0.15) is 6.61 Å². The third-order valence-corrected chi connectivity index (χ3v) is 2.48. The van der Waals surface area contributed by atoms with Crippen LogP contribution in [0.25, 0.3) is 0 Å². The van der Waals surface area contributed by atoms with Crippen molar-refractivity contribution < 1.29 is 28.6 Å². The first kappa shape index (κ1) is 17.4. The highest BCUT2D eigenvalue weighted by Gasteiger charge is 2.22. The summed E-state index contributed by atoms with van der Waals surface area (Å²) in [5, 5.41) is 0. The Balaban J connectivity index is 2.75. The topological polar surface area (TPSA) is 78.9 Å². The zero-order valence-electron chi connectivity index (χ0n) is 12.5. The SMILES string of the molecule is CCOC(=O)C(=CC(=O)OCc1ccccc1)C(=O)OCC. The largest absolute Gasteiger partial charge is 0.462 e. The van der Waals surface area contributed by atoms with Crippen LogP contribution >= 0.6 is 0 Å². The van der Waals surface area contributed by atoms with Crippen molar-refractivity contribution in [1.82, 2.24) is 0 Å². The lowest BCUT2D eigenvalue weighted by atomic mass is 10.2. The molecule has 0 unspecified atom stereocenters. The van der Waals surface area contributed by atoms with E-state index >= 15 is 0 Å². The molecule has 0 saturated carbocycles. The van der Waals surface area contributed by atoms with Gasteiger partial charge in [-0.3, -0.25) is 0 Å². The van der Waals surface area contributed by atoms with Crippen molar-refractivity contribution >= 4 is 17.9 Å². The van der Waals surface area contributed by atoms with Crippen LogP contribution in [0.4, 0.5) is 0 Å². The molecule has 0 atom stereocenters. The van der Waals surface area contributed by atoms with E-state index < -0.39 is 23.5 Å². The van der Waals surface area contributed by atoms with Crippen LogP contribution in [0.15, 0.2) is 42.0 Å². The van der Waals surface area contributed by atoms with Crippen LogP contribution in [0.1, 0.15) is 19.4 Å². The van der Waals surface area contributed by atoms with Crippen molar-refractivity contribution in [2.75, 3.05) is 13.2 Å². The summed E-state index contributed by atoms with van der Waals surface area (Å²) in [6.07, 6.45) is 0.791. The molecule has 1 rings (SSSR count). The molecule has 0 amide bonds. The second-order valence-electron chi connectivity index (χ2n) is 4.09. The Labute approximate surface area is 128 Å². The van der Waals surface area contributed by atoms with Gasteiger partial charge in [0.15, 0.2) is 5.57 Å². The van der Waals surface area contributed by atoms with E-state index in [0.29, 0.717) is 0 Å². The van der Waals surface area contributed by atoms with Crippen molar-refractivity contribution in [1.29, 1.82) is 0 Å². The summed E-state index contributed by atoms with van der Waals surface area (Å²) in [5.74, 6) is -2.66. The van der Waals surface area contributed by atoms with Crippen LogP contribution in [-0.4, -0.2) is 31.1 Å². The van der Waals surface area contributed by atoms with Crippen LogP contribution < -0.4 is 0 Å². The van der Waals surface area contributed by atoms with Crippen molar-refractivity contribution in [3.8, 4) is 0 Å². The van der Waals surface area contributed by atoms with Gasteiger partial charge in [-0.05, 0) is 19.4 Å². The van der Waals surface area contributed by atoms with Gasteiger partial charge in [-0.25, -0.2) is 14.4 Å². The molecule has 0 heterocycles. The molecule has 0 aromatic heterocycles. The number of carbonyl (C=O) groups is 3. The Bertz CT molecular complexity index is 527. The average molecular weight is 306 g/mol. The summed E-state index contributed by atoms with van der Waals surface area (Å²) < 4.78 is 14.4. The zero-order valence-corrected chi connectivity index (χ0v) is 12.5. The lowest BCUT2D eigenvalue weighted by Gasteiger charge is -2.07. The monoisotopic (exact) mass is 306 g/mol. The second-order valence-corrected chi connectivity index (χ2v) is 4.09. The van der Waals surface area contributed by atoms with Gasteiger partial charge in [-0.1, -0.05) is 30.3 Å². The first-order valence-corrected chi connectivity index (χ1v) is 6.85. The van der Waals surface area contributed by atoms with E-state index in [1.807, 2.05) is 18.2 Å². The third kappa shape index (κ3) is 5.78. The Kier molecular flexibility index (Phi) is 7.39. The van der Waals surface area contributed by atoms with E-state index in [4.69, 9.17) is 14.2 Å². The number of rotatable bonds is 7. The highest BCUT2D eigenvalue weighted by atomic mass is 16.6. The maximum atomic E-state index is 11.7. The fraction of sp³-hybridized carbons (Fsp3) is 0.312.